The Morgan fingerprint density at radius 3 is 2.60 bits per heavy atom. The van der Waals surface area contributed by atoms with E-state index in [1.165, 1.54) is 0 Å². The monoisotopic (exact) mass is 275 g/mol. The molecule has 0 aliphatic carbocycles. The van der Waals surface area contributed by atoms with Gasteiger partial charge in [0.1, 0.15) is 6.07 Å². The van der Waals surface area contributed by atoms with E-state index in [2.05, 4.69) is 5.32 Å². The van der Waals surface area contributed by atoms with Gasteiger partial charge in [0.25, 0.3) is 0 Å². The van der Waals surface area contributed by atoms with Crippen LogP contribution in [0, 0.1) is 11.3 Å². The lowest BCUT2D eigenvalue weighted by Gasteiger charge is -2.15. The largest absolute Gasteiger partial charge is 0.481 e. The molecular formula is C14H17N3O3. The van der Waals surface area contributed by atoms with Gasteiger partial charge >= 0.3 is 5.97 Å². The Bertz CT molecular complexity index is 523. The fourth-order valence-corrected chi connectivity index (χ4v) is 1.59. The van der Waals surface area contributed by atoms with Crippen LogP contribution in [-0.4, -0.2) is 42.0 Å². The average molecular weight is 275 g/mol. The van der Waals surface area contributed by atoms with Crippen LogP contribution in [0.4, 0.5) is 5.69 Å². The van der Waals surface area contributed by atoms with Gasteiger partial charge in [0.2, 0.25) is 5.91 Å². The number of carboxylic acid groups (broad SMARTS) is 1. The third-order valence-corrected chi connectivity index (χ3v) is 2.75. The van der Waals surface area contributed by atoms with E-state index in [1.54, 1.807) is 36.2 Å². The van der Waals surface area contributed by atoms with E-state index in [-0.39, 0.29) is 18.7 Å². The lowest BCUT2D eigenvalue weighted by atomic mass is 10.2. The summed E-state index contributed by atoms with van der Waals surface area (Å²) < 4.78 is 0. The molecule has 1 amide bonds. The summed E-state index contributed by atoms with van der Waals surface area (Å²) in [5.74, 6) is -1.06. The van der Waals surface area contributed by atoms with Crippen molar-refractivity contribution in [2.45, 2.75) is 12.8 Å². The fraction of sp³-hybridized carbons (Fsp3) is 0.357. The topological polar surface area (TPSA) is 93.4 Å². The minimum Gasteiger partial charge on any atom is -0.481 e. The van der Waals surface area contributed by atoms with E-state index in [0.29, 0.717) is 24.3 Å². The number of hydrogen-bond donors (Lipinski definition) is 2. The van der Waals surface area contributed by atoms with Gasteiger partial charge in [-0.2, -0.15) is 5.26 Å². The fourth-order valence-electron chi connectivity index (χ4n) is 1.59. The molecular weight excluding hydrogens is 258 g/mol. The van der Waals surface area contributed by atoms with Crippen molar-refractivity contribution in [3.8, 4) is 6.07 Å². The number of carbonyl (C=O) groups is 2. The number of rotatable bonds is 7. The molecule has 0 aliphatic heterocycles. The third-order valence-electron chi connectivity index (χ3n) is 2.75. The minimum absolute atomic E-state index is 0.0510. The maximum Gasteiger partial charge on any atom is 0.304 e. The van der Waals surface area contributed by atoms with Crippen molar-refractivity contribution in [1.82, 2.24) is 4.90 Å². The zero-order valence-corrected chi connectivity index (χ0v) is 11.3. The van der Waals surface area contributed by atoms with Crippen molar-refractivity contribution < 1.29 is 14.7 Å². The molecule has 1 aromatic rings. The van der Waals surface area contributed by atoms with E-state index in [9.17, 15) is 9.59 Å². The summed E-state index contributed by atoms with van der Waals surface area (Å²) in [6, 6.07) is 8.79. The molecule has 6 nitrogen and oxygen atoms in total. The summed E-state index contributed by atoms with van der Waals surface area (Å²) >= 11 is 0. The summed E-state index contributed by atoms with van der Waals surface area (Å²) in [5.41, 5.74) is 0.910. The highest BCUT2D eigenvalue weighted by Crippen LogP contribution is 2.13. The molecule has 106 valence electrons. The molecule has 0 bridgehead atoms. The summed E-state index contributed by atoms with van der Waals surface area (Å²) in [4.78, 5) is 24.0. The second-order valence-corrected chi connectivity index (χ2v) is 4.40. The summed E-state index contributed by atoms with van der Waals surface area (Å²) in [7, 11) is 1.76. The highest BCUT2D eigenvalue weighted by molar-refractivity contribution is 5.92. The van der Waals surface area contributed by atoms with E-state index in [4.69, 9.17) is 10.4 Å². The van der Waals surface area contributed by atoms with Crippen molar-refractivity contribution in [3.63, 3.8) is 0 Å². The summed E-state index contributed by atoms with van der Waals surface area (Å²) in [6.45, 7) is 0.866. The molecule has 0 saturated carbocycles. The van der Waals surface area contributed by atoms with Gasteiger partial charge in [-0.3, -0.25) is 9.59 Å². The summed E-state index contributed by atoms with van der Waals surface area (Å²) in [6.07, 6.45) is 0.297. The molecule has 1 aromatic carbocycles. The number of amides is 1. The van der Waals surface area contributed by atoms with E-state index in [1.807, 2.05) is 6.07 Å². The third kappa shape index (κ3) is 5.50. The SMILES string of the molecule is CN(CCC(=O)O)CCC(=O)Nc1ccccc1C#N. The second-order valence-electron chi connectivity index (χ2n) is 4.40. The van der Waals surface area contributed by atoms with Crippen molar-refractivity contribution >= 4 is 17.6 Å². The van der Waals surface area contributed by atoms with Gasteiger partial charge in [0.15, 0.2) is 0 Å². The van der Waals surface area contributed by atoms with Crippen LogP contribution in [0.3, 0.4) is 0 Å². The number of nitrogens with zero attached hydrogens (tertiary/aromatic N) is 2. The standard InChI is InChI=1S/C14H17N3O3/c1-17(9-7-14(19)20)8-6-13(18)16-12-5-3-2-4-11(12)10-15/h2-5H,6-9H2,1H3,(H,16,18)(H,19,20). The lowest BCUT2D eigenvalue weighted by molar-refractivity contribution is -0.137. The predicted molar refractivity (Wildman–Crippen MR) is 74.2 cm³/mol. The van der Waals surface area contributed by atoms with Gasteiger partial charge in [-0.25, -0.2) is 0 Å². The van der Waals surface area contributed by atoms with Crippen molar-refractivity contribution in [1.29, 1.82) is 5.26 Å². The second kappa shape index (κ2) is 7.92. The Labute approximate surface area is 117 Å². The number of para-hydroxylation sites is 1. The first-order valence-electron chi connectivity index (χ1n) is 6.22. The number of nitriles is 1. The van der Waals surface area contributed by atoms with Gasteiger partial charge in [0, 0.05) is 19.5 Å². The van der Waals surface area contributed by atoms with Crippen LogP contribution in [0.15, 0.2) is 24.3 Å². The number of aliphatic carboxylic acids is 1. The molecule has 0 saturated heterocycles. The van der Waals surface area contributed by atoms with Crippen LogP contribution >= 0.6 is 0 Å². The van der Waals surface area contributed by atoms with Crippen molar-refractivity contribution in [2.75, 3.05) is 25.5 Å². The van der Waals surface area contributed by atoms with Gasteiger partial charge in [-0.1, -0.05) is 12.1 Å². The number of carbonyl (C=O) groups excluding carboxylic acids is 1. The number of carboxylic acids is 1. The molecule has 0 heterocycles. The zero-order valence-electron chi connectivity index (χ0n) is 11.3. The number of nitrogens with one attached hydrogen (secondary N) is 1. The van der Waals surface area contributed by atoms with Crippen LogP contribution in [0.1, 0.15) is 18.4 Å². The smallest absolute Gasteiger partial charge is 0.304 e. The van der Waals surface area contributed by atoms with Crippen LogP contribution in [0.5, 0.6) is 0 Å². The molecule has 0 radical (unpaired) electrons. The van der Waals surface area contributed by atoms with Crippen LogP contribution in [-0.2, 0) is 9.59 Å². The first-order valence-corrected chi connectivity index (χ1v) is 6.22. The maximum atomic E-state index is 11.8. The highest BCUT2D eigenvalue weighted by atomic mass is 16.4. The Morgan fingerprint density at radius 2 is 1.95 bits per heavy atom. The van der Waals surface area contributed by atoms with Crippen molar-refractivity contribution in [3.05, 3.63) is 29.8 Å². The van der Waals surface area contributed by atoms with Crippen molar-refractivity contribution in [2.24, 2.45) is 0 Å². The van der Waals surface area contributed by atoms with Crippen LogP contribution < -0.4 is 5.32 Å². The minimum atomic E-state index is -0.857. The average Bonchev–Trinajstić information content (AvgIpc) is 2.43. The van der Waals surface area contributed by atoms with Crippen LogP contribution in [0.25, 0.3) is 0 Å². The van der Waals surface area contributed by atoms with Gasteiger partial charge in [-0.15, -0.1) is 0 Å². The van der Waals surface area contributed by atoms with Gasteiger partial charge in [-0.05, 0) is 19.2 Å². The Kier molecular flexibility index (Phi) is 6.20. The molecule has 20 heavy (non-hydrogen) atoms. The number of hydrogen-bond acceptors (Lipinski definition) is 4. The first-order chi connectivity index (χ1) is 9.52. The first kappa shape index (κ1) is 15.7. The van der Waals surface area contributed by atoms with E-state index >= 15 is 0 Å². The van der Waals surface area contributed by atoms with E-state index < -0.39 is 5.97 Å². The molecule has 6 heteroatoms. The normalized spacial score (nSPS) is 10.1. The van der Waals surface area contributed by atoms with Gasteiger partial charge < -0.3 is 15.3 Å². The molecule has 0 spiro atoms. The summed E-state index contributed by atoms with van der Waals surface area (Å²) in [5, 5.41) is 20.1. The zero-order chi connectivity index (χ0) is 15.0. The quantitative estimate of drug-likeness (QED) is 0.782. The predicted octanol–water partition coefficient (Wildman–Crippen LogP) is 1.29. The Balaban J connectivity index is 2.41. The molecule has 0 unspecified atom stereocenters. The number of benzene rings is 1. The van der Waals surface area contributed by atoms with E-state index in [0.717, 1.165) is 0 Å². The van der Waals surface area contributed by atoms with Crippen LogP contribution in [0.2, 0.25) is 0 Å². The molecule has 2 N–H and O–H groups in total. The Morgan fingerprint density at radius 1 is 1.30 bits per heavy atom. The lowest BCUT2D eigenvalue weighted by Crippen LogP contribution is -2.26. The maximum absolute atomic E-state index is 11.8. The van der Waals surface area contributed by atoms with Gasteiger partial charge in [0.05, 0.1) is 17.7 Å². The Hall–Kier alpha value is -2.39. The molecule has 0 aromatic heterocycles. The molecule has 0 fully saturated rings. The molecule has 0 aliphatic rings. The molecule has 0 atom stereocenters. The molecule has 1 rings (SSSR count). The number of anilines is 1. The highest BCUT2D eigenvalue weighted by Gasteiger charge is 2.08.